The predicted molar refractivity (Wildman–Crippen MR) is 395 cm³/mol. The number of hydrazine groups is 2. The quantitative estimate of drug-likeness (QED) is 0.00901. The monoisotopic (exact) mass is 1530 g/mol. The maximum Gasteiger partial charge on any atom is 0.373 e. The van der Waals surface area contributed by atoms with Gasteiger partial charge in [-0.1, -0.05) is 97.1 Å². The lowest BCUT2D eigenvalue weighted by Crippen LogP contribution is -2.65. The number of hydrogen-bond acceptors (Lipinski definition) is 21. The third-order valence-corrected chi connectivity index (χ3v) is 17.9. The number of fused-ring (bicyclic) bond motifs is 2. The van der Waals surface area contributed by atoms with Crippen LogP contribution in [0, 0.1) is 5.41 Å². The van der Waals surface area contributed by atoms with Gasteiger partial charge in [0.15, 0.2) is 12.1 Å². The summed E-state index contributed by atoms with van der Waals surface area (Å²) in [7, 11) is 0. The first-order chi connectivity index (χ1) is 53.1. The second kappa shape index (κ2) is 38.8. The van der Waals surface area contributed by atoms with E-state index in [0.29, 0.717) is 33.2 Å². The highest BCUT2D eigenvalue weighted by molar-refractivity contribution is 6.35. The summed E-state index contributed by atoms with van der Waals surface area (Å²) in [5, 5.41) is 66.4. The molecule has 2 aliphatic rings. The molecule has 7 aromatic rings. The van der Waals surface area contributed by atoms with E-state index in [1.165, 1.54) is 61.9 Å². The zero-order valence-electron chi connectivity index (χ0n) is 59.6. The lowest BCUT2D eigenvalue weighted by molar-refractivity contribution is -0.150. The summed E-state index contributed by atoms with van der Waals surface area (Å²) >= 11 is 0. The van der Waals surface area contributed by atoms with Gasteiger partial charge >= 0.3 is 5.97 Å². The van der Waals surface area contributed by atoms with Gasteiger partial charge in [-0.25, -0.2) is 26.1 Å². The van der Waals surface area contributed by atoms with E-state index in [1.54, 1.807) is 91.1 Å². The van der Waals surface area contributed by atoms with Crippen LogP contribution in [0.5, 0.6) is 11.5 Å². The molecule has 1 saturated heterocycles. The van der Waals surface area contributed by atoms with Crippen molar-refractivity contribution in [1.82, 2.24) is 89.8 Å². The first-order valence-corrected chi connectivity index (χ1v) is 35.1. The number of imidazole rings is 1. The summed E-state index contributed by atoms with van der Waals surface area (Å²) in [6.07, 6.45) is -2.37. The average molecular weight is 1530 g/mol. The topological polar surface area (TPSA) is 600 Å². The van der Waals surface area contributed by atoms with E-state index >= 15 is 24.0 Å². The lowest BCUT2D eigenvalue weighted by Gasteiger charge is -2.30. The van der Waals surface area contributed by atoms with Crippen LogP contribution < -0.4 is 91.7 Å². The van der Waals surface area contributed by atoms with E-state index in [1.807, 2.05) is 0 Å². The molecule has 38 heteroatoms. The average Bonchev–Trinajstić information content (AvgIpc) is 1.80. The summed E-state index contributed by atoms with van der Waals surface area (Å²) in [4.78, 5) is 212. The molecule has 5 aromatic carbocycles. The molecule has 0 saturated carbocycles. The summed E-state index contributed by atoms with van der Waals surface area (Å²) in [5.74, 6) is -17.7. The predicted octanol–water partition coefficient (Wildman–Crippen LogP) is -4.00. The number of aromatic hydroxyl groups is 2. The van der Waals surface area contributed by atoms with Gasteiger partial charge in [-0.05, 0) is 78.3 Å². The number of para-hydroxylation sites is 1. The Kier molecular flexibility index (Phi) is 28.5. The molecule has 38 nitrogen and oxygen atoms in total. The molecule has 1 fully saturated rings. The van der Waals surface area contributed by atoms with Gasteiger partial charge in [0.2, 0.25) is 65.0 Å². The van der Waals surface area contributed by atoms with E-state index < -0.39 is 187 Å². The molecule has 0 spiro atoms. The summed E-state index contributed by atoms with van der Waals surface area (Å²) < 4.78 is 0. The number of H-pyrrole nitrogens is 2. The fourth-order valence-electron chi connectivity index (χ4n) is 12.1. The minimum Gasteiger partial charge on any atom is -0.508 e. The molecular formula is C73H85N21O17. The molecule has 25 N–H and O–H groups in total. The Morgan fingerprint density at radius 2 is 1.12 bits per heavy atom. The van der Waals surface area contributed by atoms with Crippen molar-refractivity contribution in [3.8, 4) is 11.5 Å². The fraction of sp³-hybridized carbons (Fsp3) is 0.315. The number of phenolic OH excluding ortho intramolecular Hbond substituents is 2. The Balaban J connectivity index is 1.13. The van der Waals surface area contributed by atoms with E-state index in [9.17, 15) is 58.5 Å². The highest BCUT2D eigenvalue weighted by Crippen LogP contribution is 2.27. The number of aromatic nitrogens is 3. The van der Waals surface area contributed by atoms with Crippen molar-refractivity contribution in [3.05, 3.63) is 180 Å². The van der Waals surface area contributed by atoms with Crippen LogP contribution in [0.2, 0.25) is 0 Å². The number of rotatable bonds is 24. The number of primary amides is 1. The van der Waals surface area contributed by atoms with Crippen molar-refractivity contribution in [2.24, 2.45) is 11.5 Å². The zero-order valence-corrected chi connectivity index (χ0v) is 59.6. The number of carboxylic acids is 1. The van der Waals surface area contributed by atoms with Gasteiger partial charge < -0.3 is 95.2 Å². The van der Waals surface area contributed by atoms with E-state index in [2.05, 4.69) is 95.1 Å². The Morgan fingerprint density at radius 3 is 1.74 bits per heavy atom. The molecule has 584 valence electrons. The number of nitrogens with zero attached hydrogens (tertiary/aromatic N) is 1. The Morgan fingerprint density at radius 1 is 0.568 bits per heavy atom. The Hall–Kier alpha value is -13.6. The maximum atomic E-state index is 15.3. The minimum atomic E-state index is -2.34. The van der Waals surface area contributed by atoms with Crippen molar-refractivity contribution in [1.29, 1.82) is 5.41 Å². The highest BCUT2D eigenvalue weighted by Gasteiger charge is 2.39. The van der Waals surface area contributed by atoms with Crippen LogP contribution in [0.4, 0.5) is 5.69 Å². The summed E-state index contributed by atoms with van der Waals surface area (Å²) in [5.41, 5.74) is 24.3. The second-order valence-electron chi connectivity index (χ2n) is 26.3. The smallest absolute Gasteiger partial charge is 0.373 e. The van der Waals surface area contributed by atoms with Crippen molar-refractivity contribution >= 4 is 105 Å². The molecule has 2 aromatic heterocycles. The number of hydrogen-bond donors (Lipinski definition) is 23. The Labute approximate surface area is 632 Å². The summed E-state index contributed by atoms with van der Waals surface area (Å²) in [6, 6.07) is 15.5. The van der Waals surface area contributed by atoms with Gasteiger partial charge in [-0.15, -0.1) is 0 Å². The van der Waals surface area contributed by atoms with Crippen molar-refractivity contribution in [2.75, 3.05) is 11.9 Å². The molecule has 12 amide bonds. The van der Waals surface area contributed by atoms with Crippen LogP contribution in [0.25, 0.3) is 10.9 Å². The lowest BCUT2D eigenvalue weighted by atomic mass is 9.99. The minimum absolute atomic E-state index is 0.0200. The van der Waals surface area contributed by atoms with Crippen LogP contribution in [-0.4, -0.2) is 192 Å². The SMILES string of the molecule is C[C@@H]1NC(=O)[C@@H](CC(N)=O)NC(=O)[C@H](Cc2c[nH]c3ccccc23)NC(=O)[C@@H](CCCNC(=N)N)NC(=O)[C@@H](Cc2ccccc2)NC(=O)[C@@H](Cc2cnc[nH]2)NC(=O)[C@H](NN[C@H]2Cc3ccc(O)cc3NC2=O)CC(=O)NC(C(=O)NN[C@@H](Cc2ccc(O)cc2)C(=O)C(=O)O)NC(=O)[C@@H](Cc2ccccc2)NC1=O. The van der Waals surface area contributed by atoms with Gasteiger partial charge in [0.05, 0.1) is 19.2 Å². The fourth-order valence-corrected chi connectivity index (χ4v) is 12.1. The molecule has 9 rings (SSSR count). The first kappa shape index (κ1) is 81.5. The molecule has 0 bridgehead atoms. The number of nitrogens with one attached hydrogen (secondary N) is 18. The van der Waals surface area contributed by atoms with Crippen molar-refractivity contribution in [3.63, 3.8) is 0 Å². The van der Waals surface area contributed by atoms with Crippen LogP contribution in [0.15, 0.2) is 146 Å². The van der Waals surface area contributed by atoms with Crippen LogP contribution in [0.1, 0.15) is 66.1 Å². The van der Waals surface area contributed by atoms with Crippen LogP contribution in [0.3, 0.4) is 0 Å². The first-order valence-electron chi connectivity index (χ1n) is 35.1. The number of ketones is 1. The summed E-state index contributed by atoms with van der Waals surface area (Å²) in [6.45, 7) is 1.14. The number of carbonyl (C=O) groups is 14. The normalized spacial score (nSPS) is 21.7. The molecule has 11 atom stereocenters. The third-order valence-electron chi connectivity index (χ3n) is 17.9. The van der Waals surface area contributed by atoms with Gasteiger partial charge in [0.25, 0.3) is 11.7 Å². The molecule has 0 aliphatic carbocycles. The highest BCUT2D eigenvalue weighted by atomic mass is 16.4. The number of benzene rings is 5. The van der Waals surface area contributed by atoms with Gasteiger partial charge in [0, 0.05) is 79.4 Å². The zero-order chi connectivity index (χ0) is 79.8. The molecule has 2 aliphatic heterocycles. The number of aliphatic carboxylic acids is 1. The van der Waals surface area contributed by atoms with Crippen molar-refractivity contribution < 1.29 is 82.4 Å². The number of guanidine groups is 1. The van der Waals surface area contributed by atoms with Crippen LogP contribution in [-0.2, 0) is 106 Å². The molecule has 1 unspecified atom stereocenters. The second-order valence-corrected chi connectivity index (χ2v) is 26.3. The van der Waals surface area contributed by atoms with Gasteiger partial charge in [0.1, 0.15) is 71.9 Å². The number of phenols is 2. The number of Topliss-reactive ketones (excluding diaryl/α,β-unsaturated/α-hetero) is 1. The number of anilines is 1. The maximum absolute atomic E-state index is 15.3. The number of carboxylic acid groups (broad SMARTS) is 1. The van der Waals surface area contributed by atoms with Gasteiger partial charge in [-0.2, -0.15) is 0 Å². The number of carbonyl (C=O) groups excluding carboxylic acids is 13. The molecule has 0 radical (unpaired) electrons. The van der Waals surface area contributed by atoms with Crippen LogP contribution >= 0.6 is 0 Å². The number of amides is 12. The molecular weight excluding hydrogens is 1440 g/mol. The van der Waals surface area contributed by atoms with Gasteiger partial charge in [-0.3, -0.25) is 73.2 Å². The largest absolute Gasteiger partial charge is 0.508 e. The molecule has 4 heterocycles. The molecule has 111 heavy (non-hydrogen) atoms. The standard InChI is InChI=1S/C73H85N21O17/c1-37-62(100)84-52(27-39-13-6-3-7-14-39)68(106)90-61(71(109)94-91-50(60(99)72(110)111)25-40-18-21-44(95)22-19-40)89-59(98)33-57(93-92-56-28-41-20-23-45(96)31-49(41)83-69(56)107)70(108)87-54(30-43-35-77-36-80-43)67(105)85-51(26-38-11-4-2-5-12-38)65(103)82-48(17-10-24-78-73(75)76)63(101)86-53(29-42-34-79-47-16-9-8-15-46(42)47)66(104)88-55(32-58(74)97)64(102)81-37/h2-9,11-16,18-23,31,34-37,48,50-57,61,79,91-93,95-96H,10,17,24-30,32-33H2,1H3,(H2,74,97)(H,77,80)(H,81,102)(H,82,103)(H,83,107)(H,84,100)(H,85,105)(H,86,101)(H,87,108)(H,88,104)(H,89,98)(H,90,106)(H,94,109)(H,110,111)(H4,75,76,78)/t37-,48+,50-,51+,52+,53-,54+,55+,56-,57+,61?/m0/s1. The van der Waals surface area contributed by atoms with E-state index in [0.717, 1.165) is 0 Å². The number of aromatic amines is 2. The Bertz CT molecular complexity index is 4570. The van der Waals surface area contributed by atoms with E-state index in [-0.39, 0.29) is 67.1 Å². The van der Waals surface area contributed by atoms with E-state index in [4.69, 9.17) is 16.9 Å². The van der Waals surface area contributed by atoms with Crippen molar-refractivity contribution in [2.45, 2.75) is 138 Å². The third kappa shape index (κ3) is 23.9. The number of nitrogens with two attached hydrogens (primary N) is 2.